The molecule has 1 aromatic rings. The summed E-state index contributed by atoms with van der Waals surface area (Å²) < 4.78 is 0.949. The summed E-state index contributed by atoms with van der Waals surface area (Å²) in [5.74, 6) is -0.824. The number of hydrogen-bond acceptors (Lipinski definition) is 2. The molecule has 0 aliphatic heterocycles. The van der Waals surface area contributed by atoms with Gasteiger partial charge >= 0.3 is 5.97 Å². The number of carbonyl (C=O) groups is 1. The Hall–Kier alpha value is -1.03. The van der Waals surface area contributed by atoms with E-state index in [-0.39, 0.29) is 0 Å². The number of aliphatic carboxylic acids is 1. The summed E-state index contributed by atoms with van der Waals surface area (Å²) in [6, 6.07) is 5.25. The third-order valence-corrected chi connectivity index (χ3v) is 2.55. The van der Waals surface area contributed by atoms with E-state index >= 15 is 0 Å². The Morgan fingerprint density at radius 3 is 2.67 bits per heavy atom. The first kappa shape index (κ1) is 12.0. The van der Waals surface area contributed by atoms with Gasteiger partial charge in [0.05, 0.1) is 0 Å². The molecule has 0 aliphatic carbocycles. The van der Waals surface area contributed by atoms with Crippen LogP contribution >= 0.6 is 15.9 Å². The molecule has 1 unspecified atom stereocenters. The highest BCUT2D eigenvalue weighted by molar-refractivity contribution is 9.10. The van der Waals surface area contributed by atoms with Gasteiger partial charge in [0.2, 0.25) is 0 Å². The van der Waals surface area contributed by atoms with Gasteiger partial charge in [-0.05, 0) is 37.1 Å². The van der Waals surface area contributed by atoms with Crippen LogP contribution in [-0.2, 0) is 4.79 Å². The van der Waals surface area contributed by atoms with Gasteiger partial charge in [-0.25, -0.2) is 4.79 Å². The van der Waals surface area contributed by atoms with Crippen molar-refractivity contribution in [2.24, 2.45) is 0 Å². The molecule has 0 amide bonds. The maximum Gasteiger partial charge on any atom is 0.326 e. The van der Waals surface area contributed by atoms with Gasteiger partial charge in [0.1, 0.15) is 6.04 Å². The number of carboxylic acids is 1. The number of rotatable bonds is 4. The predicted molar refractivity (Wildman–Crippen MR) is 64.2 cm³/mol. The van der Waals surface area contributed by atoms with Gasteiger partial charge in [0.25, 0.3) is 0 Å². The van der Waals surface area contributed by atoms with Gasteiger partial charge in [0, 0.05) is 10.2 Å². The average Bonchev–Trinajstić information content (AvgIpc) is 2.12. The number of halogens is 1. The zero-order valence-corrected chi connectivity index (χ0v) is 10.3. The normalized spacial score (nSPS) is 12.2. The molecular formula is C11H14BrNO2. The lowest BCUT2D eigenvalue weighted by Crippen LogP contribution is -2.28. The Bertz CT molecular complexity index is 345. The van der Waals surface area contributed by atoms with Crippen molar-refractivity contribution >= 4 is 27.6 Å². The van der Waals surface area contributed by atoms with E-state index in [1.807, 2.05) is 32.0 Å². The molecule has 15 heavy (non-hydrogen) atoms. The van der Waals surface area contributed by atoms with E-state index in [0.717, 1.165) is 15.7 Å². The van der Waals surface area contributed by atoms with Crippen LogP contribution < -0.4 is 5.32 Å². The van der Waals surface area contributed by atoms with E-state index in [4.69, 9.17) is 5.11 Å². The lowest BCUT2D eigenvalue weighted by atomic mass is 10.2. The van der Waals surface area contributed by atoms with E-state index < -0.39 is 12.0 Å². The maximum absolute atomic E-state index is 10.8. The molecule has 0 aliphatic rings. The third-order valence-electron chi connectivity index (χ3n) is 2.09. The molecule has 0 fully saturated rings. The molecule has 4 heteroatoms. The smallest absolute Gasteiger partial charge is 0.326 e. The first-order valence-electron chi connectivity index (χ1n) is 4.79. The molecule has 3 nitrogen and oxygen atoms in total. The fraction of sp³-hybridized carbons (Fsp3) is 0.364. The largest absolute Gasteiger partial charge is 0.480 e. The van der Waals surface area contributed by atoms with E-state index in [0.29, 0.717) is 6.42 Å². The number of anilines is 1. The summed E-state index contributed by atoms with van der Waals surface area (Å²) >= 11 is 3.37. The lowest BCUT2D eigenvalue weighted by Gasteiger charge is -2.14. The standard InChI is InChI=1S/C11H14BrNO2/c1-3-10(11(14)15)13-9-5-7(2)4-8(12)6-9/h4-6,10,13H,3H2,1-2H3,(H,14,15). The van der Waals surface area contributed by atoms with E-state index in [2.05, 4.69) is 21.2 Å². The van der Waals surface area contributed by atoms with Gasteiger partial charge < -0.3 is 10.4 Å². The molecule has 0 aromatic heterocycles. The third kappa shape index (κ3) is 3.55. The molecule has 1 aromatic carbocycles. The SMILES string of the molecule is CCC(Nc1cc(C)cc(Br)c1)C(=O)O. The monoisotopic (exact) mass is 271 g/mol. The highest BCUT2D eigenvalue weighted by Crippen LogP contribution is 2.20. The summed E-state index contributed by atoms with van der Waals surface area (Å²) in [5, 5.41) is 11.9. The minimum absolute atomic E-state index is 0.529. The summed E-state index contributed by atoms with van der Waals surface area (Å²) in [6.45, 7) is 3.81. The van der Waals surface area contributed by atoms with Crippen LogP contribution in [0.3, 0.4) is 0 Å². The second-order valence-electron chi connectivity index (χ2n) is 3.46. The number of carboxylic acid groups (broad SMARTS) is 1. The molecular weight excluding hydrogens is 258 g/mol. The van der Waals surface area contributed by atoms with Crippen molar-refractivity contribution in [2.75, 3.05) is 5.32 Å². The van der Waals surface area contributed by atoms with Crippen molar-refractivity contribution in [2.45, 2.75) is 26.3 Å². The van der Waals surface area contributed by atoms with Gasteiger partial charge in [-0.3, -0.25) is 0 Å². The molecule has 0 saturated carbocycles. The fourth-order valence-corrected chi connectivity index (χ4v) is 1.97. The van der Waals surface area contributed by atoms with E-state index in [1.165, 1.54) is 0 Å². The molecule has 1 atom stereocenters. The van der Waals surface area contributed by atoms with Crippen LogP contribution in [0.1, 0.15) is 18.9 Å². The quantitative estimate of drug-likeness (QED) is 0.885. The Labute approximate surface area is 97.6 Å². The topological polar surface area (TPSA) is 49.3 Å². The molecule has 1 rings (SSSR count). The number of benzene rings is 1. The Morgan fingerprint density at radius 1 is 1.53 bits per heavy atom. The van der Waals surface area contributed by atoms with E-state index in [9.17, 15) is 4.79 Å². The van der Waals surface area contributed by atoms with Crippen molar-refractivity contribution in [3.05, 3.63) is 28.2 Å². The molecule has 0 bridgehead atoms. The van der Waals surface area contributed by atoms with Crippen LogP contribution in [0.15, 0.2) is 22.7 Å². The second-order valence-corrected chi connectivity index (χ2v) is 4.38. The predicted octanol–water partition coefficient (Wildman–Crippen LogP) is 3.03. The first-order chi connectivity index (χ1) is 7.02. The van der Waals surface area contributed by atoms with Gasteiger partial charge in [-0.2, -0.15) is 0 Å². The first-order valence-corrected chi connectivity index (χ1v) is 5.58. The van der Waals surface area contributed by atoms with Crippen LogP contribution in [0.2, 0.25) is 0 Å². The van der Waals surface area contributed by atoms with Crippen molar-refractivity contribution in [3.8, 4) is 0 Å². The summed E-state index contributed by atoms with van der Waals surface area (Å²) in [6.07, 6.45) is 0.556. The highest BCUT2D eigenvalue weighted by atomic mass is 79.9. The summed E-state index contributed by atoms with van der Waals surface area (Å²) in [5.41, 5.74) is 1.92. The van der Waals surface area contributed by atoms with E-state index in [1.54, 1.807) is 0 Å². The molecule has 82 valence electrons. The van der Waals surface area contributed by atoms with Crippen molar-refractivity contribution in [1.29, 1.82) is 0 Å². The molecule has 0 saturated heterocycles. The molecule has 0 heterocycles. The zero-order chi connectivity index (χ0) is 11.4. The van der Waals surface area contributed by atoms with Crippen LogP contribution in [-0.4, -0.2) is 17.1 Å². The van der Waals surface area contributed by atoms with Gasteiger partial charge in [0.15, 0.2) is 0 Å². The summed E-state index contributed by atoms with van der Waals surface area (Å²) in [7, 11) is 0. The highest BCUT2D eigenvalue weighted by Gasteiger charge is 2.14. The fourth-order valence-electron chi connectivity index (χ4n) is 1.36. The minimum atomic E-state index is -0.824. The Kier molecular flexibility index (Phi) is 4.15. The summed E-state index contributed by atoms with van der Waals surface area (Å²) in [4.78, 5) is 10.8. The molecule has 2 N–H and O–H groups in total. The lowest BCUT2D eigenvalue weighted by molar-refractivity contribution is -0.137. The van der Waals surface area contributed by atoms with Gasteiger partial charge in [-0.1, -0.05) is 22.9 Å². The van der Waals surface area contributed by atoms with Gasteiger partial charge in [-0.15, -0.1) is 0 Å². The van der Waals surface area contributed by atoms with Crippen molar-refractivity contribution in [3.63, 3.8) is 0 Å². The van der Waals surface area contributed by atoms with Crippen LogP contribution in [0.25, 0.3) is 0 Å². The number of nitrogens with one attached hydrogen (secondary N) is 1. The van der Waals surface area contributed by atoms with Crippen LogP contribution in [0.5, 0.6) is 0 Å². The van der Waals surface area contributed by atoms with Crippen LogP contribution in [0, 0.1) is 6.92 Å². The zero-order valence-electron chi connectivity index (χ0n) is 8.75. The van der Waals surface area contributed by atoms with Crippen molar-refractivity contribution in [1.82, 2.24) is 0 Å². The Balaban J connectivity index is 2.83. The molecule has 0 spiro atoms. The molecule has 0 radical (unpaired) electrons. The second kappa shape index (κ2) is 5.16. The number of hydrogen-bond donors (Lipinski definition) is 2. The minimum Gasteiger partial charge on any atom is -0.480 e. The Morgan fingerprint density at radius 2 is 2.20 bits per heavy atom. The maximum atomic E-state index is 10.8. The van der Waals surface area contributed by atoms with Crippen molar-refractivity contribution < 1.29 is 9.90 Å². The van der Waals surface area contributed by atoms with Crippen LogP contribution in [0.4, 0.5) is 5.69 Å². The average molecular weight is 272 g/mol. The number of aryl methyl sites for hydroxylation is 1.